The molecule has 104 valence electrons. The van der Waals surface area contributed by atoms with Gasteiger partial charge in [0, 0.05) is 29.3 Å². The maximum absolute atomic E-state index is 4.71. The van der Waals surface area contributed by atoms with Crippen molar-refractivity contribution in [1.82, 2.24) is 15.1 Å². The number of halogens is 1. The van der Waals surface area contributed by atoms with Crippen molar-refractivity contribution in [3.05, 3.63) is 30.0 Å². The third kappa shape index (κ3) is 3.37. The second-order valence-electron chi connectivity index (χ2n) is 5.46. The van der Waals surface area contributed by atoms with Crippen molar-refractivity contribution >= 4 is 26.8 Å². The average Bonchev–Trinajstić information content (AvgIpc) is 2.75. The van der Waals surface area contributed by atoms with Crippen LogP contribution in [0.1, 0.15) is 32.9 Å². The summed E-state index contributed by atoms with van der Waals surface area (Å²) in [6, 6.07) is 8.45. The normalized spacial score (nSPS) is 12.2. The molecule has 4 heteroatoms. The number of benzene rings is 1. The van der Waals surface area contributed by atoms with Crippen LogP contribution >= 0.6 is 15.9 Å². The summed E-state index contributed by atoms with van der Waals surface area (Å²) in [4.78, 5) is 0. The van der Waals surface area contributed by atoms with Gasteiger partial charge in [0.15, 0.2) is 0 Å². The van der Waals surface area contributed by atoms with Crippen LogP contribution in [-0.4, -0.2) is 20.6 Å². The van der Waals surface area contributed by atoms with Crippen LogP contribution in [0.3, 0.4) is 0 Å². The molecule has 3 nitrogen and oxygen atoms in total. The largest absolute Gasteiger partial charge is 0.306 e. The molecule has 0 spiro atoms. The summed E-state index contributed by atoms with van der Waals surface area (Å²) in [6.07, 6.45) is 1.10. The van der Waals surface area contributed by atoms with Gasteiger partial charge in [-0.15, -0.1) is 0 Å². The zero-order valence-electron chi connectivity index (χ0n) is 11.9. The second-order valence-corrected chi connectivity index (χ2v) is 6.25. The van der Waals surface area contributed by atoms with Gasteiger partial charge in [0.05, 0.1) is 11.2 Å². The van der Waals surface area contributed by atoms with Crippen molar-refractivity contribution in [1.29, 1.82) is 0 Å². The highest BCUT2D eigenvalue weighted by Gasteiger charge is 2.17. The van der Waals surface area contributed by atoms with E-state index in [1.54, 1.807) is 0 Å². The molecule has 0 bridgehead atoms. The van der Waals surface area contributed by atoms with Crippen LogP contribution in [0.25, 0.3) is 10.9 Å². The number of aryl methyl sites for hydroxylation is 1. The van der Waals surface area contributed by atoms with Crippen molar-refractivity contribution in [2.24, 2.45) is 0 Å². The fraction of sp³-hybridized carbons (Fsp3) is 0.533. The number of nitrogens with one attached hydrogen (secondary N) is 1. The smallest absolute Gasteiger partial charge is 0.0841 e. The lowest BCUT2D eigenvalue weighted by molar-refractivity contribution is 0.375. The summed E-state index contributed by atoms with van der Waals surface area (Å²) < 4.78 is 2.07. The summed E-state index contributed by atoms with van der Waals surface area (Å²) in [6.45, 7) is 8.31. The van der Waals surface area contributed by atoms with Crippen LogP contribution in [0, 0.1) is 0 Å². The summed E-state index contributed by atoms with van der Waals surface area (Å²) in [5.74, 6) is 0. The lowest BCUT2D eigenvalue weighted by Gasteiger charge is -2.25. The topological polar surface area (TPSA) is 29.9 Å². The van der Waals surface area contributed by atoms with Crippen molar-refractivity contribution in [2.75, 3.05) is 5.33 Å². The highest BCUT2D eigenvalue weighted by atomic mass is 79.9. The van der Waals surface area contributed by atoms with E-state index in [1.807, 2.05) is 0 Å². The van der Waals surface area contributed by atoms with Gasteiger partial charge in [0.1, 0.15) is 0 Å². The molecule has 0 aliphatic rings. The van der Waals surface area contributed by atoms with Crippen LogP contribution in [-0.2, 0) is 13.1 Å². The van der Waals surface area contributed by atoms with E-state index < -0.39 is 0 Å². The third-order valence-corrected chi connectivity index (χ3v) is 3.88. The number of hydrogen-bond donors (Lipinski definition) is 1. The van der Waals surface area contributed by atoms with Crippen molar-refractivity contribution in [3.8, 4) is 0 Å². The van der Waals surface area contributed by atoms with Gasteiger partial charge >= 0.3 is 0 Å². The van der Waals surface area contributed by atoms with E-state index in [-0.39, 0.29) is 5.54 Å². The zero-order chi connectivity index (χ0) is 13.9. The second kappa shape index (κ2) is 6.06. The number of aromatic nitrogens is 2. The summed E-state index contributed by atoms with van der Waals surface area (Å²) in [7, 11) is 0. The van der Waals surface area contributed by atoms with E-state index in [2.05, 4.69) is 71.0 Å². The maximum atomic E-state index is 4.71. The van der Waals surface area contributed by atoms with Gasteiger partial charge in [-0.25, -0.2) is 0 Å². The van der Waals surface area contributed by atoms with Gasteiger partial charge in [-0.3, -0.25) is 4.68 Å². The molecule has 2 aromatic rings. The minimum absolute atomic E-state index is 0.126. The number of fused-ring (bicyclic) bond motifs is 1. The Morgan fingerprint density at radius 3 is 2.74 bits per heavy atom. The van der Waals surface area contributed by atoms with Crippen LogP contribution in [0.5, 0.6) is 0 Å². The van der Waals surface area contributed by atoms with Crippen molar-refractivity contribution in [2.45, 2.75) is 45.8 Å². The number of rotatable bonds is 6. The average molecular weight is 324 g/mol. The van der Waals surface area contributed by atoms with Crippen molar-refractivity contribution < 1.29 is 0 Å². The van der Waals surface area contributed by atoms with Gasteiger partial charge in [-0.1, -0.05) is 34.1 Å². The Balaban J connectivity index is 2.21. The Hall–Kier alpha value is -0.870. The molecular formula is C15H22BrN3. The molecule has 0 aliphatic carbocycles. The van der Waals surface area contributed by atoms with E-state index in [0.717, 1.165) is 30.5 Å². The van der Waals surface area contributed by atoms with Crippen LogP contribution < -0.4 is 5.32 Å². The first-order valence-electron chi connectivity index (χ1n) is 6.83. The monoisotopic (exact) mass is 323 g/mol. The van der Waals surface area contributed by atoms with Gasteiger partial charge in [0.25, 0.3) is 0 Å². The molecule has 0 radical (unpaired) electrons. The molecule has 0 aliphatic heterocycles. The molecule has 1 aromatic heterocycles. The highest BCUT2D eigenvalue weighted by Crippen LogP contribution is 2.19. The van der Waals surface area contributed by atoms with E-state index in [9.17, 15) is 0 Å². The van der Waals surface area contributed by atoms with Crippen molar-refractivity contribution in [3.63, 3.8) is 0 Å². The summed E-state index contributed by atoms with van der Waals surface area (Å²) in [5, 5.41) is 10.6. The Morgan fingerprint density at radius 1 is 1.32 bits per heavy atom. The molecule has 19 heavy (non-hydrogen) atoms. The third-order valence-electron chi connectivity index (χ3n) is 3.49. The molecule has 0 unspecified atom stereocenters. The van der Waals surface area contributed by atoms with Gasteiger partial charge in [-0.2, -0.15) is 5.10 Å². The Bertz CT molecular complexity index is 545. The predicted octanol–water partition coefficient (Wildman–Crippen LogP) is 3.71. The molecule has 1 aromatic carbocycles. The van der Waals surface area contributed by atoms with Crippen LogP contribution in [0.2, 0.25) is 0 Å². The quantitative estimate of drug-likeness (QED) is 0.821. The van der Waals surface area contributed by atoms with E-state index in [0.29, 0.717) is 0 Å². The minimum Gasteiger partial charge on any atom is -0.306 e. The molecule has 0 fully saturated rings. The Morgan fingerprint density at radius 2 is 2.05 bits per heavy atom. The van der Waals surface area contributed by atoms with Crippen LogP contribution in [0.4, 0.5) is 0 Å². The number of para-hydroxylation sites is 1. The summed E-state index contributed by atoms with van der Waals surface area (Å²) >= 11 is 3.51. The molecular weight excluding hydrogens is 302 g/mol. The maximum Gasteiger partial charge on any atom is 0.0841 e. The van der Waals surface area contributed by atoms with Gasteiger partial charge in [0.2, 0.25) is 0 Å². The molecule has 0 atom stereocenters. The first-order valence-corrected chi connectivity index (χ1v) is 7.95. The zero-order valence-corrected chi connectivity index (χ0v) is 13.5. The standard InChI is InChI=1S/C15H22BrN3/c1-4-19-14-8-6-5-7-12(14)13(18-19)11-17-15(2,3)9-10-16/h5-8,17H,4,9-11H2,1-3H3. The molecule has 1 heterocycles. The fourth-order valence-electron chi connectivity index (χ4n) is 2.22. The SMILES string of the molecule is CCn1nc(CNC(C)(C)CCBr)c2ccccc21. The number of hydrogen-bond acceptors (Lipinski definition) is 2. The molecule has 0 saturated heterocycles. The highest BCUT2D eigenvalue weighted by molar-refractivity contribution is 9.09. The Labute approximate surface area is 123 Å². The molecule has 1 N–H and O–H groups in total. The predicted molar refractivity (Wildman–Crippen MR) is 84.7 cm³/mol. The first kappa shape index (κ1) is 14.5. The summed E-state index contributed by atoms with van der Waals surface area (Å²) in [5.41, 5.74) is 2.49. The van der Waals surface area contributed by atoms with E-state index in [4.69, 9.17) is 5.10 Å². The number of alkyl halides is 1. The molecule has 0 saturated carbocycles. The van der Waals surface area contributed by atoms with E-state index in [1.165, 1.54) is 10.9 Å². The number of nitrogens with zero attached hydrogens (tertiary/aromatic N) is 2. The minimum atomic E-state index is 0.126. The lowest BCUT2D eigenvalue weighted by Crippen LogP contribution is -2.39. The Kier molecular flexibility index (Phi) is 4.63. The lowest BCUT2D eigenvalue weighted by atomic mass is 10.0. The molecule has 2 rings (SSSR count). The van der Waals surface area contributed by atoms with Gasteiger partial charge in [-0.05, 0) is 33.3 Å². The fourth-order valence-corrected chi connectivity index (χ4v) is 3.21. The molecule has 0 amide bonds. The van der Waals surface area contributed by atoms with Gasteiger partial charge < -0.3 is 5.32 Å². The first-order chi connectivity index (χ1) is 9.07. The van der Waals surface area contributed by atoms with Crippen LogP contribution in [0.15, 0.2) is 24.3 Å². The van der Waals surface area contributed by atoms with E-state index >= 15 is 0 Å².